The minimum absolute atomic E-state index is 0.00195. The fourth-order valence-corrected chi connectivity index (χ4v) is 19.6. The molecule has 1 saturated heterocycles. The van der Waals surface area contributed by atoms with Gasteiger partial charge in [0.05, 0.1) is 18.8 Å². The zero-order valence-electron chi connectivity index (χ0n) is 46.9. The van der Waals surface area contributed by atoms with Crippen molar-refractivity contribution in [3.8, 4) is 11.5 Å². The molecule has 0 amide bonds. The molecule has 15 heteroatoms. The van der Waals surface area contributed by atoms with E-state index in [1.165, 1.54) is 114 Å². The van der Waals surface area contributed by atoms with Crippen LogP contribution in [0.1, 0.15) is 181 Å². The van der Waals surface area contributed by atoms with E-state index < -0.39 is 12.2 Å². The van der Waals surface area contributed by atoms with Crippen LogP contribution in [0.5, 0.6) is 11.5 Å². The lowest BCUT2D eigenvalue weighted by Gasteiger charge is -2.46. The first-order valence-corrected chi connectivity index (χ1v) is 33.1. The molecule has 2 aromatic heterocycles. The molecule has 10 rings (SSSR count). The molecule has 14 unspecified atom stereocenters. The Labute approximate surface area is 468 Å². The molecule has 4 bridgehead atoms. The molecule has 7 aliphatic rings. The van der Waals surface area contributed by atoms with E-state index in [1.807, 2.05) is 53.8 Å². The molecule has 428 valence electrons. The maximum atomic E-state index is 11.8. The van der Waals surface area contributed by atoms with Gasteiger partial charge in [0.1, 0.15) is 24.2 Å². The second kappa shape index (κ2) is 26.4. The lowest BCUT2D eigenvalue weighted by atomic mass is 9.62. The molecule has 1 spiro atoms. The van der Waals surface area contributed by atoms with E-state index in [9.17, 15) is 20.4 Å². The summed E-state index contributed by atoms with van der Waals surface area (Å²) in [6, 6.07) is 10.8. The Bertz CT molecular complexity index is 2380. The van der Waals surface area contributed by atoms with Crippen molar-refractivity contribution in [1.29, 1.82) is 0 Å². The third kappa shape index (κ3) is 13.6. The van der Waals surface area contributed by atoms with Crippen LogP contribution in [-0.2, 0) is 32.3 Å². The first kappa shape index (κ1) is 57.3. The van der Waals surface area contributed by atoms with Crippen molar-refractivity contribution in [3.05, 3.63) is 69.9 Å². The molecule has 3 heterocycles. The van der Waals surface area contributed by atoms with Gasteiger partial charge in [0.15, 0.2) is 17.5 Å². The lowest BCUT2D eigenvalue weighted by Crippen LogP contribution is -2.47. The molecular weight excluding hydrogens is 1000 g/mol. The fraction of sp³-hybridized carbons (Fsp3) is 0.758. The van der Waals surface area contributed by atoms with Gasteiger partial charge in [0, 0.05) is 78.4 Å². The molecule has 3 aromatic rings. The highest BCUT2D eigenvalue weighted by molar-refractivity contribution is 8.76. The van der Waals surface area contributed by atoms with Crippen molar-refractivity contribution < 1.29 is 29.6 Å². The highest BCUT2D eigenvalue weighted by Crippen LogP contribution is 2.61. The van der Waals surface area contributed by atoms with Crippen LogP contribution >= 0.6 is 21.6 Å². The highest BCUT2D eigenvalue weighted by Gasteiger charge is 2.53. The van der Waals surface area contributed by atoms with Crippen LogP contribution in [-0.4, -0.2) is 99.9 Å². The number of aromatic nitrogens is 1. The lowest BCUT2D eigenvalue weighted by molar-refractivity contribution is 0.0716. The van der Waals surface area contributed by atoms with E-state index in [1.54, 1.807) is 6.07 Å². The number of aliphatic hydroxyl groups is 3. The van der Waals surface area contributed by atoms with E-state index in [-0.39, 0.29) is 48.4 Å². The number of fused-ring (bicyclic) bond motifs is 3. The number of rotatable bonds is 19. The van der Waals surface area contributed by atoms with E-state index in [0.29, 0.717) is 84.5 Å². The van der Waals surface area contributed by atoms with Crippen molar-refractivity contribution in [2.24, 2.45) is 69.2 Å². The quantitative estimate of drug-likeness (QED) is 0.0307. The number of aliphatic imine (C=N–C) groups is 1. The summed E-state index contributed by atoms with van der Waals surface area (Å²) in [5.74, 6) is 10.0. The number of likely N-dealkylation sites (N-methyl/N-ethyl adjacent to an activating group) is 1. The summed E-state index contributed by atoms with van der Waals surface area (Å²) in [6.07, 6.45) is 23.9. The maximum absolute atomic E-state index is 11.8. The Balaban J connectivity index is 0.753. The van der Waals surface area contributed by atoms with E-state index in [4.69, 9.17) is 25.6 Å². The molecular formula is C62H97N7O6S2. The van der Waals surface area contributed by atoms with Crippen molar-refractivity contribution in [2.45, 2.75) is 204 Å². The molecule has 1 aliphatic heterocycles. The predicted octanol–water partition coefficient (Wildman–Crippen LogP) is 9.83. The molecule has 0 radical (unpaired) electrons. The number of hydrogen-bond donors (Lipinski definition) is 10. The smallest absolute Gasteiger partial charge is 0.189 e. The summed E-state index contributed by atoms with van der Waals surface area (Å²) in [7, 11) is 6.01. The van der Waals surface area contributed by atoms with Gasteiger partial charge < -0.3 is 62.0 Å². The maximum Gasteiger partial charge on any atom is 0.189 e. The topological polar surface area (TPSA) is 220 Å². The number of aryl methyl sites for hydroxylation is 3. The monoisotopic (exact) mass is 1100 g/mol. The number of benzene rings is 1. The number of hydrogen-bond acceptors (Lipinski definition) is 12. The van der Waals surface area contributed by atoms with Gasteiger partial charge in [-0.1, -0.05) is 73.1 Å². The first-order valence-electron chi connectivity index (χ1n) is 30.6. The third-order valence-corrected chi connectivity index (χ3v) is 23.2. The van der Waals surface area contributed by atoms with E-state index in [2.05, 4.69) is 33.9 Å². The summed E-state index contributed by atoms with van der Waals surface area (Å²) in [6.45, 7) is 5.53. The summed E-state index contributed by atoms with van der Waals surface area (Å²) < 4.78 is 12.8. The van der Waals surface area contributed by atoms with Crippen molar-refractivity contribution in [1.82, 2.24) is 20.9 Å². The van der Waals surface area contributed by atoms with Crippen molar-refractivity contribution >= 4 is 27.5 Å². The standard InChI is InChI=1S/C62H97N7O6S2/c1-37-13-19-45-41-25-39(15-20-46(45)49(51(63)28-41)35-76-77-36-55(37)69-61(64)67-43-9-4-5-10-43)17-22-58-42(33-70)27-44(75-58)18-14-40-16-21-56(72)59(26-40)74-34-57(73)52-29-48-53(68-52)30-62(23-6-7-24-62)50-12-8-11-47(50)60(48)54(32-65-3)66-31-38(2)71/h16,21,26-27,29,37-39,41,43,45-47,49-51,54-55,57,60,65-66,68,70-73H,4-15,17-20,22-25,28,30-36,63H2,1-3H3,(H3,64,67,69). The SMILES string of the molecule is CNCC(NCC(C)O)C1c2cc(C(O)COc3cc(CCc4cc(CO)c(CCC5CCC6C7CSSCC(N=C(N)NC8CCCC8)C(C)CCC6C(C5)CC7N)o4)ccc3O)[nH]c2CC2(CCCC2)C2CCCC12. The summed E-state index contributed by atoms with van der Waals surface area (Å²) in [5, 5.41) is 54.5. The van der Waals surface area contributed by atoms with Gasteiger partial charge in [0.25, 0.3) is 0 Å². The van der Waals surface area contributed by atoms with Gasteiger partial charge in [0.2, 0.25) is 0 Å². The van der Waals surface area contributed by atoms with Crippen LogP contribution in [0.2, 0.25) is 0 Å². The third-order valence-electron chi connectivity index (χ3n) is 20.7. The predicted molar refractivity (Wildman–Crippen MR) is 313 cm³/mol. The minimum Gasteiger partial charge on any atom is -0.504 e. The molecule has 6 aliphatic carbocycles. The van der Waals surface area contributed by atoms with E-state index >= 15 is 0 Å². The Morgan fingerprint density at radius 2 is 1.70 bits per heavy atom. The van der Waals surface area contributed by atoms with E-state index in [0.717, 1.165) is 72.1 Å². The molecule has 1 aromatic carbocycles. The number of guanidine groups is 1. The largest absolute Gasteiger partial charge is 0.504 e. The summed E-state index contributed by atoms with van der Waals surface area (Å²) >= 11 is 0. The number of nitrogens with two attached hydrogens (primary N) is 2. The minimum atomic E-state index is -0.913. The first-order chi connectivity index (χ1) is 37.4. The van der Waals surface area contributed by atoms with Crippen LogP contribution in [0.4, 0.5) is 0 Å². The Kier molecular flexibility index (Phi) is 19.6. The number of furan rings is 1. The Morgan fingerprint density at radius 3 is 2.49 bits per heavy atom. The summed E-state index contributed by atoms with van der Waals surface area (Å²) in [5.41, 5.74) is 19.1. The van der Waals surface area contributed by atoms with Crippen LogP contribution in [0.25, 0.3) is 0 Å². The normalized spacial score (nSPS) is 31.9. The number of aliphatic hydroxyl groups excluding tert-OH is 3. The molecule has 77 heavy (non-hydrogen) atoms. The van der Waals surface area contributed by atoms with Gasteiger partial charge in [-0.05, 0) is 192 Å². The zero-order valence-corrected chi connectivity index (χ0v) is 48.5. The number of ether oxygens (including phenoxy) is 1. The molecule has 5 saturated carbocycles. The number of H-pyrrole nitrogens is 1. The van der Waals surface area contributed by atoms with Crippen LogP contribution in [0, 0.1) is 52.8 Å². The fourth-order valence-electron chi connectivity index (χ4n) is 16.8. The van der Waals surface area contributed by atoms with Gasteiger partial charge >= 0.3 is 0 Å². The van der Waals surface area contributed by atoms with Gasteiger partial charge in [-0.2, -0.15) is 0 Å². The number of aromatic hydroxyl groups is 1. The summed E-state index contributed by atoms with van der Waals surface area (Å²) in [4.78, 5) is 8.88. The number of phenols is 1. The number of phenolic OH excluding ortho intramolecular Hbond substituents is 1. The zero-order chi connectivity index (χ0) is 53.6. The average molecular weight is 1100 g/mol. The van der Waals surface area contributed by atoms with Crippen molar-refractivity contribution in [2.75, 3.05) is 38.2 Å². The van der Waals surface area contributed by atoms with Gasteiger partial charge in [-0.25, -0.2) is 4.99 Å². The Morgan fingerprint density at radius 1 is 0.896 bits per heavy atom. The number of nitrogens with one attached hydrogen (secondary N) is 4. The Hall–Kier alpha value is -2.89. The second-order valence-corrected chi connectivity index (χ2v) is 28.3. The van der Waals surface area contributed by atoms with Crippen molar-refractivity contribution in [3.63, 3.8) is 0 Å². The number of aromatic amines is 1. The van der Waals surface area contributed by atoms with Crippen LogP contribution in [0.15, 0.2) is 39.7 Å². The number of nitrogens with zero attached hydrogens (tertiary/aromatic N) is 1. The highest BCUT2D eigenvalue weighted by atomic mass is 33.1. The van der Waals surface area contributed by atoms with Gasteiger partial charge in [-0.3, -0.25) is 0 Å². The van der Waals surface area contributed by atoms with Crippen LogP contribution < -0.4 is 32.2 Å². The molecule has 6 fully saturated rings. The van der Waals surface area contributed by atoms with Crippen LogP contribution in [0.3, 0.4) is 0 Å². The van der Waals surface area contributed by atoms with Gasteiger partial charge in [-0.15, -0.1) is 0 Å². The molecule has 12 N–H and O–H groups in total. The average Bonchev–Trinajstić information content (AvgIpc) is 4.34. The molecule has 13 nitrogen and oxygen atoms in total. The molecule has 14 atom stereocenters. The second-order valence-electron chi connectivity index (χ2n) is 25.7.